The molecule has 1 nitrogen and oxygen atoms in total. The van der Waals surface area contributed by atoms with Crippen LogP contribution >= 0.6 is 0 Å². The topological polar surface area (TPSA) is 12.9 Å². The molecule has 1 aromatic heterocycles. The van der Waals surface area contributed by atoms with E-state index in [1.165, 1.54) is 31.5 Å². The van der Waals surface area contributed by atoms with E-state index in [2.05, 4.69) is 90.2 Å². The van der Waals surface area contributed by atoms with Gasteiger partial charge in [0.25, 0.3) is 0 Å². The number of rotatable bonds is 2. The number of fused-ring (bicyclic) bond motifs is 3. The Kier molecular flexibility index (Phi) is 3.69. The molecule has 118 valence electrons. The molecule has 0 fully saturated rings. The van der Waals surface area contributed by atoms with Crippen LogP contribution in [-0.2, 0) is 0 Å². The van der Waals surface area contributed by atoms with Crippen molar-refractivity contribution in [2.45, 2.75) is 17.3 Å². The first kappa shape index (κ1) is 15.4. The second-order valence-corrected chi connectivity index (χ2v) is 18.1. The summed E-state index contributed by atoms with van der Waals surface area (Å²) in [6.45, 7) is 0. The predicted molar refractivity (Wildman–Crippen MR) is 108 cm³/mol. The van der Waals surface area contributed by atoms with Crippen LogP contribution < -0.4 is 4.40 Å². The Labute approximate surface area is 145 Å². The van der Waals surface area contributed by atoms with Crippen molar-refractivity contribution >= 4 is 39.2 Å². The van der Waals surface area contributed by atoms with Crippen molar-refractivity contribution in [1.82, 2.24) is 4.98 Å². The summed E-state index contributed by atoms with van der Waals surface area (Å²) in [5, 5.41) is 5.16. The first-order chi connectivity index (χ1) is 11.5. The molecular weight excluding hydrogens is 351 g/mol. The Morgan fingerprint density at radius 1 is 0.708 bits per heavy atom. The molecule has 0 spiro atoms. The summed E-state index contributed by atoms with van der Waals surface area (Å²) in [4.78, 5) is 4.75. The average molecular weight is 372 g/mol. The Morgan fingerprint density at radius 2 is 1.42 bits per heavy atom. The van der Waals surface area contributed by atoms with Crippen molar-refractivity contribution < 1.29 is 0 Å². The quantitative estimate of drug-likeness (QED) is 0.330. The van der Waals surface area contributed by atoms with Crippen LogP contribution in [0.2, 0.25) is 17.3 Å². The van der Waals surface area contributed by atoms with Gasteiger partial charge in [-0.2, -0.15) is 0 Å². The number of aromatic nitrogens is 1. The van der Waals surface area contributed by atoms with Gasteiger partial charge in [0, 0.05) is 0 Å². The number of hydrogen-bond donors (Lipinski definition) is 0. The third-order valence-corrected chi connectivity index (χ3v) is 8.93. The van der Waals surface area contributed by atoms with Crippen molar-refractivity contribution in [2.24, 2.45) is 0 Å². The molecule has 0 aliphatic rings. The normalized spacial score (nSPS) is 12.0. The van der Waals surface area contributed by atoms with Crippen molar-refractivity contribution in [1.29, 1.82) is 0 Å². The molecule has 0 radical (unpaired) electrons. The number of hydrogen-bond acceptors (Lipinski definition) is 1. The van der Waals surface area contributed by atoms with Gasteiger partial charge in [-0.25, -0.2) is 0 Å². The number of benzene rings is 3. The van der Waals surface area contributed by atoms with Gasteiger partial charge in [0.2, 0.25) is 0 Å². The number of pyridine rings is 1. The van der Waals surface area contributed by atoms with Crippen LogP contribution in [0.5, 0.6) is 0 Å². The second-order valence-electron chi connectivity index (χ2n) is 7.40. The van der Waals surface area contributed by atoms with Gasteiger partial charge in [-0.15, -0.1) is 0 Å². The van der Waals surface area contributed by atoms with Gasteiger partial charge < -0.3 is 0 Å². The molecule has 0 aliphatic heterocycles. The summed E-state index contributed by atoms with van der Waals surface area (Å²) in [6.07, 6.45) is 2.09. The van der Waals surface area contributed by atoms with E-state index in [-0.39, 0.29) is 0 Å². The molecule has 0 saturated heterocycles. The van der Waals surface area contributed by atoms with Crippen LogP contribution in [-0.4, -0.2) is 18.3 Å². The van der Waals surface area contributed by atoms with E-state index >= 15 is 0 Å². The summed E-state index contributed by atoms with van der Waals surface area (Å²) >= 11 is -1.80. The Morgan fingerprint density at radius 3 is 2.12 bits per heavy atom. The summed E-state index contributed by atoms with van der Waals surface area (Å²) in [7, 11) is 0. The van der Waals surface area contributed by atoms with Crippen LogP contribution in [0.4, 0.5) is 0 Å². The van der Waals surface area contributed by atoms with E-state index in [1.54, 1.807) is 0 Å². The van der Waals surface area contributed by atoms with E-state index in [9.17, 15) is 0 Å². The molecule has 0 bridgehead atoms. The minimum absolute atomic E-state index is 1.06. The van der Waals surface area contributed by atoms with Gasteiger partial charge in [0.05, 0.1) is 0 Å². The zero-order valence-corrected chi connectivity index (χ0v) is 16.5. The fraction of sp³-hybridized carbons (Fsp3) is 0.136. The summed E-state index contributed by atoms with van der Waals surface area (Å²) in [6, 6.07) is 24.1. The summed E-state index contributed by atoms with van der Waals surface area (Å²) < 4.78 is 1.45. The number of nitrogens with zero attached hydrogens (tertiary/aromatic N) is 1. The third-order valence-electron chi connectivity index (χ3n) is 4.67. The standard InChI is InChI=1S/C22H21GeN/c1-23(2,3)19-12-13-22(24-15-19)18-11-10-17-9-8-16-6-4-5-7-20(16)21(17)14-18/h4-15H,1-3H3. The predicted octanol–water partition coefficient (Wildman–Crippen LogP) is 5.60. The average Bonchev–Trinajstić information content (AvgIpc) is 2.60. The van der Waals surface area contributed by atoms with Crippen molar-refractivity contribution in [3.8, 4) is 11.3 Å². The van der Waals surface area contributed by atoms with Gasteiger partial charge in [0.1, 0.15) is 0 Å². The zero-order valence-electron chi connectivity index (χ0n) is 14.4. The van der Waals surface area contributed by atoms with E-state index in [4.69, 9.17) is 4.98 Å². The van der Waals surface area contributed by atoms with Gasteiger partial charge in [0.15, 0.2) is 0 Å². The molecule has 0 atom stereocenters. The molecule has 3 aromatic carbocycles. The van der Waals surface area contributed by atoms with E-state index in [0.29, 0.717) is 0 Å². The molecule has 0 N–H and O–H groups in total. The Balaban J connectivity index is 1.86. The monoisotopic (exact) mass is 373 g/mol. The zero-order chi connectivity index (χ0) is 16.7. The van der Waals surface area contributed by atoms with E-state index < -0.39 is 13.3 Å². The molecule has 0 saturated carbocycles. The molecule has 0 amide bonds. The summed E-state index contributed by atoms with van der Waals surface area (Å²) in [5.41, 5.74) is 2.24. The van der Waals surface area contributed by atoms with Crippen molar-refractivity contribution in [3.63, 3.8) is 0 Å². The molecule has 0 aliphatic carbocycles. The molecule has 2 heteroatoms. The Hall–Kier alpha value is -2.13. The van der Waals surface area contributed by atoms with E-state index in [0.717, 1.165) is 5.69 Å². The molecular formula is C22H21GeN. The second kappa shape index (κ2) is 5.75. The van der Waals surface area contributed by atoms with Gasteiger partial charge >= 0.3 is 146 Å². The van der Waals surface area contributed by atoms with E-state index in [1.807, 2.05) is 0 Å². The van der Waals surface area contributed by atoms with Gasteiger partial charge in [-0.05, 0) is 0 Å². The molecule has 4 aromatic rings. The molecule has 0 unspecified atom stereocenters. The fourth-order valence-electron chi connectivity index (χ4n) is 3.17. The maximum absolute atomic E-state index is 4.75. The Bertz CT molecular complexity index is 1030. The van der Waals surface area contributed by atoms with Crippen molar-refractivity contribution in [3.05, 3.63) is 72.9 Å². The van der Waals surface area contributed by atoms with Gasteiger partial charge in [-0.3, -0.25) is 0 Å². The van der Waals surface area contributed by atoms with Crippen LogP contribution in [0.15, 0.2) is 72.9 Å². The maximum atomic E-state index is 4.75. The molecule has 4 rings (SSSR count). The van der Waals surface area contributed by atoms with Crippen LogP contribution in [0.1, 0.15) is 0 Å². The minimum atomic E-state index is -1.80. The van der Waals surface area contributed by atoms with Gasteiger partial charge in [-0.1, -0.05) is 0 Å². The SMILES string of the molecule is [CH3][Ge]([CH3])([CH3])[c]1ccc(-c2ccc3ccc4ccccc4c3c2)nc1. The third kappa shape index (κ3) is 2.74. The molecule has 1 heterocycles. The first-order valence-corrected chi connectivity index (χ1v) is 15.8. The van der Waals surface area contributed by atoms with Crippen LogP contribution in [0.25, 0.3) is 32.8 Å². The van der Waals surface area contributed by atoms with Crippen molar-refractivity contribution in [2.75, 3.05) is 0 Å². The molecule has 24 heavy (non-hydrogen) atoms. The first-order valence-electron chi connectivity index (χ1n) is 8.41. The van der Waals surface area contributed by atoms with Crippen LogP contribution in [0.3, 0.4) is 0 Å². The van der Waals surface area contributed by atoms with Crippen LogP contribution in [0, 0.1) is 0 Å². The summed E-state index contributed by atoms with van der Waals surface area (Å²) in [5.74, 6) is 7.20. The fourth-order valence-corrected chi connectivity index (χ4v) is 5.34.